The number of aliphatic hydroxyl groups is 1. The molecule has 10 nitrogen and oxygen atoms in total. The van der Waals surface area contributed by atoms with Gasteiger partial charge in [0.15, 0.2) is 0 Å². The van der Waals surface area contributed by atoms with E-state index in [4.69, 9.17) is 15.1 Å². The third-order valence-corrected chi connectivity index (χ3v) is 6.02. The van der Waals surface area contributed by atoms with Crippen LogP contribution in [0.5, 0.6) is 5.75 Å². The average molecular weight is 548 g/mol. The zero-order chi connectivity index (χ0) is 28.7. The Hall–Kier alpha value is -4.02. The van der Waals surface area contributed by atoms with Gasteiger partial charge in [0.2, 0.25) is 0 Å². The van der Waals surface area contributed by atoms with Crippen molar-refractivity contribution >= 4 is 23.6 Å². The number of aliphatic hydroxyl groups excluding tert-OH is 1. The molecule has 2 aromatic heterocycles. The van der Waals surface area contributed by atoms with Crippen LogP contribution in [-0.2, 0) is 0 Å². The zero-order valence-corrected chi connectivity index (χ0v) is 23.5. The van der Waals surface area contributed by atoms with Crippen molar-refractivity contribution in [1.82, 2.24) is 20.6 Å². The fourth-order valence-electron chi connectivity index (χ4n) is 4.06. The number of rotatable bonds is 17. The third-order valence-electron chi connectivity index (χ3n) is 6.02. The molecule has 1 unspecified atom stereocenters. The van der Waals surface area contributed by atoms with Crippen molar-refractivity contribution in [2.75, 3.05) is 43.9 Å². The molecule has 2 heterocycles. The van der Waals surface area contributed by atoms with Gasteiger partial charge in [0.05, 0.1) is 16.8 Å². The summed E-state index contributed by atoms with van der Waals surface area (Å²) in [6, 6.07) is 13.2. The van der Waals surface area contributed by atoms with Gasteiger partial charge in [0.1, 0.15) is 24.3 Å². The lowest BCUT2D eigenvalue weighted by molar-refractivity contribution is 0.0952. The van der Waals surface area contributed by atoms with Gasteiger partial charge in [-0.25, -0.2) is 4.98 Å². The van der Waals surface area contributed by atoms with Gasteiger partial charge in [-0.2, -0.15) is 0 Å². The Morgan fingerprint density at radius 3 is 2.67 bits per heavy atom. The van der Waals surface area contributed by atoms with Crippen LogP contribution in [0.1, 0.15) is 49.0 Å². The van der Waals surface area contributed by atoms with Crippen LogP contribution >= 0.6 is 0 Å². The summed E-state index contributed by atoms with van der Waals surface area (Å²) >= 11 is 0. The molecule has 0 aliphatic rings. The monoisotopic (exact) mass is 547 g/mol. The van der Waals surface area contributed by atoms with Crippen molar-refractivity contribution in [3.8, 4) is 17.0 Å². The summed E-state index contributed by atoms with van der Waals surface area (Å²) in [5.74, 6) is 1.17. The minimum absolute atomic E-state index is 0.111. The van der Waals surface area contributed by atoms with E-state index < -0.39 is 6.10 Å². The smallest absolute Gasteiger partial charge is 0.252 e. The van der Waals surface area contributed by atoms with E-state index in [0.717, 1.165) is 36.2 Å². The number of hydrogen-bond acceptors (Lipinski definition) is 9. The highest BCUT2D eigenvalue weighted by atomic mass is 16.5. The van der Waals surface area contributed by atoms with Crippen LogP contribution < -0.4 is 26.0 Å². The van der Waals surface area contributed by atoms with E-state index in [-0.39, 0.29) is 18.6 Å². The number of carbonyl (C=O) groups excluding carboxylic acids is 1. The summed E-state index contributed by atoms with van der Waals surface area (Å²) in [4.78, 5) is 20.9. The number of anilines is 2. The molecule has 40 heavy (non-hydrogen) atoms. The SMILES string of the molecule is CNCC(O)COc1cccc(-c2cc(NCCCCCNC(=O)c3cccnc3)c(C=N)c(NC(C)C)n2)c1. The number of amides is 1. The van der Waals surface area contributed by atoms with Crippen LogP contribution in [0.4, 0.5) is 11.5 Å². The Morgan fingerprint density at radius 1 is 1.12 bits per heavy atom. The highest BCUT2D eigenvalue weighted by Crippen LogP contribution is 2.30. The molecule has 3 aromatic rings. The normalized spacial score (nSPS) is 11.6. The molecule has 0 saturated carbocycles. The standard InChI is InChI=1S/C30H41N7O3/c1-21(2)36-29-26(17-31)28(34-13-5-4-6-14-35-30(39)23-10-8-12-33-18-23)16-27(37-29)22-9-7-11-25(15-22)40-20-24(38)19-32-3/h7-12,15-18,21,24,31-32,38H,4-6,13-14,19-20H2,1-3H3,(H,35,39)(H2,34,36,37). The molecule has 3 rings (SSSR count). The molecule has 6 N–H and O–H groups in total. The molecular formula is C30H41N7O3. The second-order valence-corrected chi connectivity index (χ2v) is 9.80. The van der Waals surface area contributed by atoms with Crippen LogP contribution in [0.15, 0.2) is 54.9 Å². The van der Waals surface area contributed by atoms with Gasteiger partial charge in [-0.1, -0.05) is 12.1 Å². The van der Waals surface area contributed by atoms with Crippen molar-refractivity contribution in [3.63, 3.8) is 0 Å². The second kappa shape index (κ2) is 16.2. The highest BCUT2D eigenvalue weighted by Gasteiger charge is 2.14. The number of pyridine rings is 2. The predicted molar refractivity (Wildman–Crippen MR) is 161 cm³/mol. The van der Waals surface area contributed by atoms with Gasteiger partial charge < -0.3 is 36.5 Å². The van der Waals surface area contributed by atoms with Crippen molar-refractivity contribution in [2.24, 2.45) is 0 Å². The van der Waals surface area contributed by atoms with E-state index >= 15 is 0 Å². The fourth-order valence-corrected chi connectivity index (χ4v) is 4.06. The Balaban J connectivity index is 1.63. The van der Waals surface area contributed by atoms with Gasteiger partial charge >= 0.3 is 0 Å². The maximum absolute atomic E-state index is 12.1. The predicted octanol–water partition coefficient (Wildman–Crippen LogP) is 3.93. The fraction of sp³-hybridized carbons (Fsp3) is 0.400. The van der Waals surface area contributed by atoms with Crippen LogP contribution in [-0.4, -0.2) is 72.6 Å². The zero-order valence-electron chi connectivity index (χ0n) is 23.5. The lowest BCUT2D eigenvalue weighted by atomic mass is 10.1. The molecule has 214 valence electrons. The largest absolute Gasteiger partial charge is 0.491 e. The quantitative estimate of drug-likeness (QED) is 0.110. The number of carbonyl (C=O) groups is 1. The first-order chi connectivity index (χ1) is 19.4. The minimum atomic E-state index is -0.603. The van der Waals surface area contributed by atoms with E-state index in [2.05, 4.69) is 26.3 Å². The van der Waals surface area contributed by atoms with Crippen molar-refractivity contribution in [2.45, 2.75) is 45.3 Å². The van der Waals surface area contributed by atoms with Crippen LogP contribution in [0.3, 0.4) is 0 Å². The van der Waals surface area contributed by atoms with E-state index in [1.165, 1.54) is 6.21 Å². The Kier molecular flexibility index (Phi) is 12.3. The molecule has 1 amide bonds. The summed E-state index contributed by atoms with van der Waals surface area (Å²) in [5, 5.41) is 30.7. The maximum atomic E-state index is 12.1. The Morgan fingerprint density at radius 2 is 1.95 bits per heavy atom. The molecule has 10 heteroatoms. The van der Waals surface area contributed by atoms with E-state index in [9.17, 15) is 9.90 Å². The van der Waals surface area contributed by atoms with E-state index in [0.29, 0.717) is 42.3 Å². The van der Waals surface area contributed by atoms with Crippen LogP contribution in [0.25, 0.3) is 11.3 Å². The first kappa shape index (κ1) is 30.5. The molecule has 0 aliphatic heterocycles. The Bertz CT molecular complexity index is 1220. The molecule has 1 atom stereocenters. The molecular weight excluding hydrogens is 506 g/mol. The number of nitrogens with one attached hydrogen (secondary N) is 5. The van der Waals surface area contributed by atoms with E-state index in [1.807, 2.05) is 44.2 Å². The summed E-state index contributed by atoms with van der Waals surface area (Å²) in [6.07, 6.45) is 6.63. The van der Waals surface area contributed by atoms with Crippen molar-refractivity contribution in [1.29, 1.82) is 5.41 Å². The number of unbranched alkanes of at least 4 members (excludes halogenated alkanes) is 2. The van der Waals surface area contributed by atoms with Crippen molar-refractivity contribution < 1.29 is 14.6 Å². The molecule has 0 aliphatic carbocycles. The summed E-state index contributed by atoms with van der Waals surface area (Å²) < 4.78 is 5.79. The van der Waals surface area contributed by atoms with Gasteiger partial charge in [-0.05, 0) is 70.5 Å². The third kappa shape index (κ3) is 9.62. The van der Waals surface area contributed by atoms with Gasteiger partial charge in [-0.3, -0.25) is 9.78 Å². The molecule has 0 spiro atoms. The first-order valence-corrected chi connectivity index (χ1v) is 13.7. The number of nitrogens with zero attached hydrogens (tertiary/aromatic N) is 2. The average Bonchev–Trinajstić information content (AvgIpc) is 2.95. The number of hydrogen-bond donors (Lipinski definition) is 6. The van der Waals surface area contributed by atoms with Gasteiger partial charge in [-0.15, -0.1) is 0 Å². The maximum Gasteiger partial charge on any atom is 0.252 e. The molecule has 1 aromatic carbocycles. The van der Waals surface area contributed by atoms with E-state index in [1.54, 1.807) is 31.6 Å². The number of aromatic nitrogens is 2. The lowest BCUT2D eigenvalue weighted by Gasteiger charge is -2.18. The molecule has 0 fully saturated rings. The Labute approximate surface area is 236 Å². The number of ether oxygens (including phenoxy) is 1. The topological polar surface area (TPSA) is 144 Å². The highest BCUT2D eigenvalue weighted by molar-refractivity contribution is 5.94. The van der Waals surface area contributed by atoms with Gasteiger partial charge in [0.25, 0.3) is 5.91 Å². The molecule has 0 radical (unpaired) electrons. The van der Waals surface area contributed by atoms with Crippen LogP contribution in [0.2, 0.25) is 0 Å². The molecule has 0 saturated heterocycles. The number of likely N-dealkylation sites (N-methyl/N-ethyl adjacent to an activating group) is 1. The summed E-state index contributed by atoms with van der Waals surface area (Å²) in [6.45, 7) is 6.02. The minimum Gasteiger partial charge on any atom is -0.491 e. The second-order valence-electron chi connectivity index (χ2n) is 9.80. The summed E-state index contributed by atoms with van der Waals surface area (Å²) in [5.41, 5.74) is 3.70. The van der Waals surface area contributed by atoms with Gasteiger partial charge in [0, 0.05) is 55.5 Å². The lowest BCUT2D eigenvalue weighted by Crippen LogP contribution is -2.29. The summed E-state index contributed by atoms with van der Waals surface area (Å²) in [7, 11) is 1.78. The van der Waals surface area contributed by atoms with Crippen molar-refractivity contribution in [3.05, 3.63) is 66.0 Å². The molecule has 0 bridgehead atoms. The number of benzene rings is 1. The van der Waals surface area contributed by atoms with Crippen LogP contribution in [0, 0.1) is 5.41 Å². The first-order valence-electron chi connectivity index (χ1n) is 13.7.